The lowest BCUT2D eigenvalue weighted by molar-refractivity contribution is -0.118. The van der Waals surface area contributed by atoms with Crippen LogP contribution in [0.25, 0.3) is 0 Å². The van der Waals surface area contributed by atoms with Crippen molar-refractivity contribution in [1.82, 2.24) is 5.32 Å². The Labute approximate surface area is 159 Å². The summed E-state index contributed by atoms with van der Waals surface area (Å²) in [6.45, 7) is 3.41. The Morgan fingerprint density at radius 2 is 1.96 bits per heavy atom. The molecule has 3 N–H and O–H groups in total. The molecule has 7 nitrogen and oxygen atoms in total. The molecule has 0 aliphatic carbocycles. The zero-order chi connectivity index (χ0) is 20.0. The maximum atomic E-state index is 14.4. The van der Waals surface area contributed by atoms with Crippen molar-refractivity contribution in [3.8, 4) is 17.2 Å². The van der Waals surface area contributed by atoms with Gasteiger partial charge in [0.05, 0.1) is 12.2 Å². The van der Waals surface area contributed by atoms with E-state index in [2.05, 4.69) is 5.32 Å². The fraction of sp³-hybridized carbons (Fsp3) is 0.278. The molecule has 0 aromatic heterocycles. The van der Waals surface area contributed by atoms with Crippen LogP contribution in [0.1, 0.15) is 19.4 Å². The number of carbonyl (C=O) groups is 1. The minimum Gasteiger partial charge on any atom is -0.504 e. The van der Waals surface area contributed by atoms with E-state index in [1.807, 2.05) is 6.92 Å². The highest BCUT2D eigenvalue weighted by Crippen LogP contribution is 2.34. The first-order chi connectivity index (χ1) is 12.8. The van der Waals surface area contributed by atoms with Gasteiger partial charge in [-0.1, -0.05) is 13.0 Å². The highest BCUT2D eigenvalue weighted by molar-refractivity contribution is 7.80. The van der Waals surface area contributed by atoms with Gasteiger partial charge in [-0.25, -0.2) is 8.60 Å². The van der Waals surface area contributed by atoms with Crippen LogP contribution in [0.2, 0.25) is 0 Å². The summed E-state index contributed by atoms with van der Waals surface area (Å²) in [7, 11) is 0. The van der Waals surface area contributed by atoms with Gasteiger partial charge in [0.1, 0.15) is 0 Å². The first-order valence-electron chi connectivity index (χ1n) is 8.24. The molecule has 0 saturated heterocycles. The van der Waals surface area contributed by atoms with Crippen LogP contribution >= 0.6 is 0 Å². The summed E-state index contributed by atoms with van der Waals surface area (Å²) in [5.41, 5.74) is 1.06. The molecule has 2 aromatic rings. The molecule has 0 radical (unpaired) electrons. The van der Waals surface area contributed by atoms with Gasteiger partial charge in [0.15, 0.2) is 23.1 Å². The molecule has 9 heteroatoms. The van der Waals surface area contributed by atoms with Gasteiger partial charge in [0.2, 0.25) is 5.91 Å². The molecule has 0 fully saturated rings. The average Bonchev–Trinajstić information content (AvgIpc) is 2.61. The van der Waals surface area contributed by atoms with Crippen molar-refractivity contribution in [1.29, 1.82) is 0 Å². The number of benzene rings is 2. The topological polar surface area (TPSA) is 99.1 Å². The smallest absolute Gasteiger partial charge is 0.261 e. The van der Waals surface area contributed by atoms with Crippen molar-refractivity contribution < 1.29 is 27.8 Å². The number of nitrogens with zero attached hydrogens (tertiary/aromatic N) is 1. The SMILES string of the molecule is CCc1ccc(Oc2ccc(N(CCNC(C)=O)S(=O)O)cc2F)c(O)c1. The predicted octanol–water partition coefficient (Wildman–Crippen LogP) is 2.97. The third-order valence-electron chi connectivity index (χ3n) is 3.73. The highest BCUT2D eigenvalue weighted by Gasteiger charge is 2.16. The summed E-state index contributed by atoms with van der Waals surface area (Å²) >= 11 is -2.39. The second-order valence-electron chi connectivity index (χ2n) is 5.69. The van der Waals surface area contributed by atoms with Crippen molar-refractivity contribution in [2.24, 2.45) is 0 Å². The number of anilines is 1. The van der Waals surface area contributed by atoms with Crippen LogP contribution in [0, 0.1) is 5.82 Å². The molecule has 1 atom stereocenters. The van der Waals surface area contributed by atoms with E-state index in [9.17, 15) is 23.1 Å². The fourth-order valence-electron chi connectivity index (χ4n) is 2.35. The van der Waals surface area contributed by atoms with E-state index in [0.29, 0.717) is 0 Å². The van der Waals surface area contributed by atoms with Crippen LogP contribution in [0.4, 0.5) is 10.1 Å². The zero-order valence-corrected chi connectivity index (χ0v) is 15.8. The predicted molar refractivity (Wildman–Crippen MR) is 101 cm³/mol. The molecule has 146 valence electrons. The first-order valence-corrected chi connectivity index (χ1v) is 9.30. The van der Waals surface area contributed by atoms with Gasteiger partial charge in [-0.05, 0) is 36.2 Å². The number of amides is 1. The van der Waals surface area contributed by atoms with E-state index in [1.54, 1.807) is 18.2 Å². The van der Waals surface area contributed by atoms with E-state index in [0.717, 1.165) is 22.4 Å². The summed E-state index contributed by atoms with van der Waals surface area (Å²) in [5.74, 6) is -1.17. The van der Waals surface area contributed by atoms with Gasteiger partial charge in [-0.3, -0.25) is 13.7 Å². The van der Waals surface area contributed by atoms with Gasteiger partial charge in [-0.15, -0.1) is 0 Å². The normalized spacial score (nSPS) is 11.7. The van der Waals surface area contributed by atoms with Crippen molar-refractivity contribution in [3.05, 3.63) is 47.8 Å². The molecule has 0 heterocycles. The van der Waals surface area contributed by atoms with Gasteiger partial charge < -0.3 is 15.2 Å². The molecule has 0 saturated carbocycles. The molecule has 0 aliphatic rings. The number of hydrogen-bond donors (Lipinski definition) is 3. The minimum atomic E-state index is -2.39. The Bertz CT molecular complexity index is 846. The Balaban J connectivity index is 2.18. The van der Waals surface area contributed by atoms with E-state index in [1.165, 1.54) is 19.1 Å². The minimum absolute atomic E-state index is 0.0155. The monoisotopic (exact) mass is 396 g/mol. The van der Waals surface area contributed by atoms with Crippen LogP contribution in [0.5, 0.6) is 17.2 Å². The Morgan fingerprint density at radius 1 is 1.26 bits per heavy atom. The average molecular weight is 396 g/mol. The second kappa shape index (κ2) is 9.33. The molecule has 0 aliphatic heterocycles. The van der Waals surface area contributed by atoms with E-state index in [-0.39, 0.29) is 41.9 Å². The number of hydrogen-bond acceptors (Lipinski definition) is 4. The number of aromatic hydroxyl groups is 1. The summed E-state index contributed by atoms with van der Waals surface area (Å²) in [6.07, 6.45) is 0.740. The van der Waals surface area contributed by atoms with Gasteiger partial charge in [0.25, 0.3) is 11.3 Å². The van der Waals surface area contributed by atoms with Gasteiger partial charge in [0, 0.05) is 19.5 Å². The summed E-state index contributed by atoms with van der Waals surface area (Å²) < 4.78 is 41.8. The number of nitrogens with one attached hydrogen (secondary N) is 1. The van der Waals surface area contributed by atoms with E-state index < -0.39 is 17.1 Å². The number of carbonyl (C=O) groups excluding carboxylic acids is 1. The number of phenols is 1. The Kier molecular flexibility index (Phi) is 7.14. The largest absolute Gasteiger partial charge is 0.504 e. The lowest BCUT2D eigenvalue weighted by Gasteiger charge is -2.20. The van der Waals surface area contributed by atoms with Crippen molar-refractivity contribution in [2.75, 3.05) is 17.4 Å². The lowest BCUT2D eigenvalue weighted by Crippen LogP contribution is -2.35. The van der Waals surface area contributed by atoms with Crippen molar-refractivity contribution >= 4 is 22.9 Å². The highest BCUT2D eigenvalue weighted by atomic mass is 32.2. The number of ether oxygens (including phenoxy) is 1. The first kappa shape index (κ1) is 20.7. The molecule has 0 spiro atoms. The number of halogens is 1. The summed E-state index contributed by atoms with van der Waals surface area (Å²) in [4.78, 5) is 10.9. The Hall–Kier alpha value is -2.65. The maximum Gasteiger partial charge on any atom is 0.261 e. The number of phenolic OH excluding ortho intramolecular Hbond substituents is 1. The molecule has 2 rings (SSSR count). The van der Waals surface area contributed by atoms with Gasteiger partial charge in [-0.2, -0.15) is 0 Å². The Morgan fingerprint density at radius 3 is 2.52 bits per heavy atom. The van der Waals surface area contributed by atoms with Crippen LogP contribution < -0.4 is 14.4 Å². The maximum absolute atomic E-state index is 14.4. The van der Waals surface area contributed by atoms with E-state index in [4.69, 9.17) is 4.74 Å². The molecule has 1 unspecified atom stereocenters. The zero-order valence-electron chi connectivity index (χ0n) is 14.9. The van der Waals surface area contributed by atoms with Crippen LogP contribution in [0.15, 0.2) is 36.4 Å². The summed E-state index contributed by atoms with van der Waals surface area (Å²) in [5, 5.41) is 12.5. The second-order valence-corrected chi connectivity index (χ2v) is 6.59. The lowest BCUT2D eigenvalue weighted by atomic mass is 10.1. The third kappa shape index (κ3) is 5.66. The fourth-order valence-corrected chi connectivity index (χ4v) is 2.89. The molecule has 1 amide bonds. The van der Waals surface area contributed by atoms with Gasteiger partial charge >= 0.3 is 0 Å². The number of rotatable bonds is 8. The molecule has 0 bridgehead atoms. The van der Waals surface area contributed by atoms with E-state index >= 15 is 0 Å². The van der Waals surface area contributed by atoms with Crippen LogP contribution in [0.3, 0.4) is 0 Å². The molecule has 2 aromatic carbocycles. The van der Waals surface area contributed by atoms with Crippen molar-refractivity contribution in [2.45, 2.75) is 20.3 Å². The summed E-state index contributed by atoms with van der Waals surface area (Å²) in [6, 6.07) is 8.62. The molecular weight excluding hydrogens is 375 g/mol. The molecular formula is C18H21FN2O5S. The number of aryl methyl sites for hydroxylation is 1. The standard InChI is InChI=1S/C18H21FN2O5S/c1-3-13-4-6-18(16(23)10-13)26-17-7-5-14(11-15(17)19)21(27(24)25)9-8-20-12(2)22/h4-7,10-11,23H,3,8-9H2,1-2H3,(H,20,22)(H,24,25). The quantitative estimate of drug-likeness (QED) is 0.596. The van der Waals surface area contributed by atoms with Crippen LogP contribution in [-0.4, -0.2) is 32.9 Å². The van der Waals surface area contributed by atoms with Crippen molar-refractivity contribution in [3.63, 3.8) is 0 Å². The molecule has 27 heavy (non-hydrogen) atoms. The van der Waals surface area contributed by atoms with Crippen LogP contribution in [-0.2, 0) is 22.5 Å². The third-order valence-corrected chi connectivity index (χ3v) is 4.50.